The van der Waals surface area contributed by atoms with Gasteiger partial charge in [0, 0.05) is 24.7 Å². The molecule has 4 nitrogen and oxygen atoms in total. The molecule has 3 rings (SSSR count). The van der Waals surface area contributed by atoms with Crippen molar-refractivity contribution in [1.29, 1.82) is 0 Å². The van der Waals surface area contributed by atoms with E-state index in [1.54, 1.807) is 12.1 Å². The standard InChI is InChI=1S/C21H26FNO3S/c1-3-16(2)26-19-12-11-18(20(22)14-19)15-23-13-7-10-21(27(23,24)25)17-8-5-4-6-9-17/h4-6,8-9,11-12,14,16,21H,3,7,10,13,15H2,1-2H3. The lowest BCUT2D eigenvalue weighted by Crippen LogP contribution is -2.39. The van der Waals surface area contributed by atoms with Crippen molar-refractivity contribution in [2.45, 2.75) is 51.0 Å². The Morgan fingerprint density at radius 1 is 1.22 bits per heavy atom. The molecule has 0 amide bonds. The van der Waals surface area contributed by atoms with E-state index in [2.05, 4.69) is 0 Å². The Kier molecular flexibility index (Phi) is 6.17. The number of nitrogens with zero attached hydrogens (tertiary/aromatic N) is 1. The van der Waals surface area contributed by atoms with Crippen LogP contribution in [0.3, 0.4) is 0 Å². The van der Waals surface area contributed by atoms with Gasteiger partial charge in [-0.25, -0.2) is 12.8 Å². The number of hydrogen-bond donors (Lipinski definition) is 0. The van der Waals surface area contributed by atoms with Gasteiger partial charge in [0.2, 0.25) is 10.0 Å². The topological polar surface area (TPSA) is 46.6 Å². The van der Waals surface area contributed by atoms with Gasteiger partial charge in [0.25, 0.3) is 0 Å². The van der Waals surface area contributed by atoms with E-state index in [0.29, 0.717) is 24.3 Å². The zero-order valence-electron chi connectivity index (χ0n) is 15.8. The highest BCUT2D eigenvalue weighted by Crippen LogP contribution is 2.35. The molecule has 2 aromatic carbocycles. The van der Waals surface area contributed by atoms with Crippen molar-refractivity contribution in [2.75, 3.05) is 6.54 Å². The van der Waals surface area contributed by atoms with Gasteiger partial charge in [0.1, 0.15) is 16.8 Å². The zero-order chi connectivity index (χ0) is 19.4. The Hall–Kier alpha value is -1.92. The van der Waals surface area contributed by atoms with Gasteiger partial charge in [0.05, 0.1) is 6.10 Å². The summed E-state index contributed by atoms with van der Waals surface area (Å²) in [7, 11) is -3.53. The molecule has 146 valence electrons. The molecular weight excluding hydrogens is 365 g/mol. The summed E-state index contributed by atoms with van der Waals surface area (Å²) < 4.78 is 47.7. The Bertz CT molecular complexity index is 870. The third-order valence-electron chi connectivity index (χ3n) is 5.05. The van der Waals surface area contributed by atoms with Crippen molar-refractivity contribution in [3.63, 3.8) is 0 Å². The van der Waals surface area contributed by atoms with Crippen LogP contribution < -0.4 is 4.74 Å². The van der Waals surface area contributed by atoms with E-state index < -0.39 is 21.1 Å². The molecule has 2 unspecified atom stereocenters. The minimum absolute atomic E-state index is 0.00403. The van der Waals surface area contributed by atoms with Crippen LogP contribution in [0, 0.1) is 5.82 Å². The minimum atomic E-state index is -3.53. The van der Waals surface area contributed by atoms with Crippen molar-refractivity contribution in [2.24, 2.45) is 0 Å². The minimum Gasteiger partial charge on any atom is -0.491 e. The summed E-state index contributed by atoms with van der Waals surface area (Å²) in [4.78, 5) is 0. The fourth-order valence-electron chi connectivity index (χ4n) is 3.32. The highest BCUT2D eigenvalue weighted by atomic mass is 32.2. The number of sulfonamides is 1. The molecule has 1 aliphatic rings. The summed E-state index contributed by atoms with van der Waals surface area (Å²) in [6.45, 7) is 4.38. The second kappa shape index (κ2) is 8.40. The molecule has 0 aromatic heterocycles. The molecule has 0 radical (unpaired) electrons. The van der Waals surface area contributed by atoms with Gasteiger partial charge in [-0.2, -0.15) is 4.31 Å². The average Bonchev–Trinajstić information content (AvgIpc) is 2.65. The van der Waals surface area contributed by atoms with E-state index in [9.17, 15) is 12.8 Å². The Morgan fingerprint density at radius 3 is 2.63 bits per heavy atom. The maximum Gasteiger partial charge on any atom is 0.221 e. The second-order valence-electron chi connectivity index (χ2n) is 7.01. The Balaban J connectivity index is 1.79. The number of rotatable bonds is 6. The largest absolute Gasteiger partial charge is 0.491 e. The molecule has 0 saturated carbocycles. The smallest absolute Gasteiger partial charge is 0.221 e. The number of ether oxygens (including phenoxy) is 1. The maximum atomic E-state index is 14.5. The van der Waals surface area contributed by atoms with Crippen LogP contribution in [0.1, 0.15) is 49.5 Å². The summed E-state index contributed by atoms with van der Waals surface area (Å²) in [5.41, 5.74) is 1.16. The monoisotopic (exact) mass is 391 g/mol. The first-order valence-electron chi connectivity index (χ1n) is 9.40. The predicted octanol–water partition coefficient (Wildman–Crippen LogP) is 4.67. The molecule has 0 N–H and O–H groups in total. The highest BCUT2D eigenvalue weighted by Gasteiger charge is 2.36. The Labute approximate surface area is 161 Å². The second-order valence-corrected chi connectivity index (χ2v) is 9.13. The third kappa shape index (κ3) is 4.50. The van der Waals surface area contributed by atoms with Crippen molar-refractivity contribution in [3.05, 3.63) is 65.5 Å². The first-order valence-corrected chi connectivity index (χ1v) is 10.9. The fourth-order valence-corrected chi connectivity index (χ4v) is 5.35. The zero-order valence-corrected chi connectivity index (χ0v) is 16.6. The molecule has 27 heavy (non-hydrogen) atoms. The van der Waals surface area contributed by atoms with Crippen LogP contribution in [0.15, 0.2) is 48.5 Å². The van der Waals surface area contributed by atoms with Crippen molar-refractivity contribution in [3.8, 4) is 5.75 Å². The van der Waals surface area contributed by atoms with Gasteiger partial charge in [0.15, 0.2) is 0 Å². The summed E-state index contributed by atoms with van der Waals surface area (Å²) in [6, 6.07) is 13.9. The van der Waals surface area contributed by atoms with Crippen molar-refractivity contribution in [1.82, 2.24) is 4.31 Å². The van der Waals surface area contributed by atoms with Crippen LogP contribution in [-0.4, -0.2) is 25.4 Å². The number of benzene rings is 2. The maximum absolute atomic E-state index is 14.5. The van der Waals surface area contributed by atoms with Crippen LogP contribution in [0.5, 0.6) is 5.75 Å². The molecule has 6 heteroatoms. The van der Waals surface area contributed by atoms with E-state index in [1.807, 2.05) is 44.2 Å². The van der Waals surface area contributed by atoms with Gasteiger partial charge in [-0.15, -0.1) is 0 Å². The molecule has 2 atom stereocenters. The van der Waals surface area contributed by atoms with Crippen LogP contribution in [-0.2, 0) is 16.6 Å². The van der Waals surface area contributed by atoms with Gasteiger partial charge in [-0.1, -0.05) is 43.3 Å². The fraction of sp³-hybridized carbons (Fsp3) is 0.429. The predicted molar refractivity (Wildman–Crippen MR) is 105 cm³/mol. The molecule has 2 aromatic rings. The molecule has 1 fully saturated rings. The lowest BCUT2D eigenvalue weighted by atomic mass is 10.1. The van der Waals surface area contributed by atoms with Crippen LogP contribution >= 0.6 is 0 Å². The van der Waals surface area contributed by atoms with E-state index in [0.717, 1.165) is 18.4 Å². The average molecular weight is 392 g/mol. The Morgan fingerprint density at radius 2 is 1.96 bits per heavy atom. The van der Waals surface area contributed by atoms with Gasteiger partial charge in [-0.3, -0.25) is 0 Å². The molecular formula is C21H26FNO3S. The summed E-state index contributed by atoms with van der Waals surface area (Å²) >= 11 is 0. The van der Waals surface area contributed by atoms with E-state index in [1.165, 1.54) is 10.4 Å². The summed E-state index contributed by atoms with van der Waals surface area (Å²) in [5, 5.41) is -0.566. The molecule has 1 heterocycles. The van der Waals surface area contributed by atoms with Gasteiger partial charge < -0.3 is 4.74 Å². The molecule has 0 bridgehead atoms. The summed E-state index contributed by atoms with van der Waals surface area (Å²) in [6.07, 6.45) is 2.18. The van der Waals surface area contributed by atoms with Gasteiger partial charge in [-0.05, 0) is 37.8 Å². The lowest BCUT2D eigenvalue weighted by Gasteiger charge is -2.32. The molecule has 0 spiro atoms. The summed E-state index contributed by atoms with van der Waals surface area (Å²) in [5.74, 6) is 0.0297. The normalized spacial score (nSPS) is 20.9. The van der Waals surface area contributed by atoms with E-state index in [4.69, 9.17) is 4.74 Å². The first-order chi connectivity index (χ1) is 12.9. The molecule has 0 aliphatic carbocycles. The molecule has 1 aliphatic heterocycles. The number of hydrogen-bond acceptors (Lipinski definition) is 3. The SMILES string of the molecule is CCC(C)Oc1ccc(CN2CCCC(c3ccccc3)S2(=O)=O)c(F)c1. The van der Waals surface area contributed by atoms with Crippen molar-refractivity contribution < 1.29 is 17.5 Å². The first kappa shape index (κ1) is 19.8. The van der Waals surface area contributed by atoms with Crippen LogP contribution in [0.4, 0.5) is 4.39 Å². The van der Waals surface area contributed by atoms with Gasteiger partial charge >= 0.3 is 0 Å². The van der Waals surface area contributed by atoms with E-state index >= 15 is 0 Å². The van der Waals surface area contributed by atoms with Crippen LogP contribution in [0.25, 0.3) is 0 Å². The lowest BCUT2D eigenvalue weighted by molar-refractivity contribution is 0.216. The van der Waals surface area contributed by atoms with Crippen molar-refractivity contribution >= 4 is 10.0 Å². The quantitative estimate of drug-likeness (QED) is 0.719. The van der Waals surface area contributed by atoms with Crippen LogP contribution in [0.2, 0.25) is 0 Å². The molecule has 1 saturated heterocycles. The van der Waals surface area contributed by atoms with E-state index in [-0.39, 0.29) is 12.6 Å². The highest BCUT2D eigenvalue weighted by molar-refractivity contribution is 7.89. The number of halogens is 1. The third-order valence-corrected chi connectivity index (χ3v) is 7.31.